The van der Waals surface area contributed by atoms with Crippen molar-refractivity contribution in [3.8, 4) is 11.4 Å². The number of aromatic amines is 1. The maximum Gasteiger partial charge on any atom is 0.163 e. The van der Waals surface area contributed by atoms with Gasteiger partial charge < -0.3 is 15.2 Å². The van der Waals surface area contributed by atoms with Crippen molar-refractivity contribution in [1.82, 2.24) is 30.2 Å². The van der Waals surface area contributed by atoms with Gasteiger partial charge in [0.05, 0.1) is 16.7 Å². The minimum Gasteiger partial charge on any atom is -0.353 e. The van der Waals surface area contributed by atoms with Crippen LogP contribution >= 0.6 is 11.8 Å². The first-order valence-electron chi connectivity index (χ1n) is 10.5. The zero-order valence-corrected chi connectivity index (χ0v) is 17.7. The summed E-state index contributed by atoms with van der Waals surface area (Å²) < 4.78 is 0. The molecule has 1 saturated carbocycles. The Morgan fingerprint density at radius 3 is 2.80 bits per heavy atom. The molecular weight excluding hydrogens is 394 g/mol. The van der Waals surface area contributed by atoms with E-state index in [2.05, 4.69) is 37.5 Å². The van der Waals surface area contributed by atoms with E-state index in [1.54, 1.807) is 11.8 Å². The van der Waals surface area contributed by atoms with Crippen LogP contribution in [-0.2, 0) is 0 Å². The first-order chi connectivity index (χ1) is 14.8. The number of thioether (sulfide) groups is 1. The van der Waals surface area contributed by atoms with Gasteiger partial charge in [-0.3, -0.25) is 4.98 Å². The molecule has 0 amide bonds. The van der Waals surface area contributed by atoms with Gasteiger partial charge >= 0.3 is 0 Å². The Balaban J connectivity index is 1.60. The maximum absolute atomic E-state index is 5.16. The minimum atomic E-state index is 0.596. The Kier molecular flexibility index (Phi) is 4.35. The van der Waals surface area contributed by atoms with Crippen molar-refractivity contribution in [3.63, 3.8) is 0 Å². The third-order valence-corrected chi connectivity index (χ3v) is 6.68. The first-order valence-corrected chi connectivity index (χ1v) is 11.7. The minimum absolute atomic E-state index is 0.596. The zero-order chi connectivity index (χ0) is 20.1. The van der Waals surface area contributed by atoms with Crippen LogP contribution in [0.25, 0.3) is 33.3 Å². The SMILES string of the molecule is CSc1cc2c(-c3nc(N4CCNCC4)c4c(C5CC5)cncc4n3)ccnc2[nH]1. The molecule has 4 aromatic heterocycles. The van der Waals surface area contributed by atoms with Crippen LogP contribution in [0.1, 0.15) is 24.3 Å². The van der Waals surface area contributed by atoms with E-state index < -0.39 is 0 Å². The van der Waals surface area contributed by atoms with E-state index in [0.29, 0.717) is 5.92 Å². The Bertz CT molecular complexity index is 1240. The summed E-state index contributed by atoms with van der Waals surface area (Å²) in [5.41, 5.74) is 4.11. The van der Waals surface area contributed by atoms with Crippen LogP contribution < -0.4 is 10.2 Å². The Morgan fingerprint density at radius 2 is 2.00 bits per heavy atom. The molecule has 0 radical (unpaired) electrons. The fraction of sp³-hybridized carbons (Fsp3) is 0.364. The van der Waals surface area contributed by atoms with E-state index in [1.807, 2.05) is 24.7 Å². The Hall–Kier alpha value is -2.71. The van der Waals surface area contributed by atoms with Gasteiger partial charge in [-0.15, -0.1) is 11.8 Å². The number of anilines is 1. The van der Waals surface area contributed by atoms with Gasteiger partial charge in [-0.05, 0) is 42.7 Å². The molecule has 1 aliphatic heterocycles. The summed E-state index contributed by atoms with van der Waals surface area (Å²) in [4.78, 5) is 25.0. The molecule has 0 bridgehead atoms. The first kappa shape index (κ1) is 18.1. The summed E-state index contributed by atoms with van der Waals surface area (Å²) in [7, 11) is 0. The molecule has 152 valence electrons. The molecule has 8 heteroatoms. The third-order valence-electron chi connectivity index (χ3n) is 6.02. The number of nitrogens with one attached hydrogen (secondary N) is 2. The van der Waals surface area contributed by atoms with Gasteiger partial charge in [0.25, 0.3) is 0 Å². The number of hydrogen-bond donors (Lipinski definition) is 2. The maximum atomic E-state index is 5.16. The molecule has 5 heterocycles. The van der Waals surface area contributed by atoms with Gasteiger partial charge in [0.15, 0.2) is 5.82 Å². The number of hydrogen-bond acceptors (Lipinski definition) is 7. The highest BCUT2D eigenvalue weighted by molar-refractivity contribution is 7.98. The predicted molar refractivity (Wildman–Crippen MR) is 121 cm³/mol. The van der Waals surface area contributed by atoms with Gasteiger partial charge in [0.1, 0.15) is 11.5 Å². The number of aromatic nitrogens is 5. The lowest BCUT2D eigenvalue weighted by molar-refractivity contribution is 0.586. The molecule has 0 spiro atoms. The molecule has 30 heavy (non-hydrogen) atoms. The van der Waals surface area contributed by atoms with Crippen LogP contribution in [0, 0.1) is 0 Å². The summed E-state index contributed by atoms with van der Waals surface area (Å²) in [5, 5.41) is 6.78. The van der Waals surface area contributed by atoms with Gasteiger partial charge in [-0.25, -0.2) is 15.0 Å². The molecule has 4 aromatic rings. The normalized spacial score (nSPS) is 17.2. The summed E-state index contributed by atoms with van der Waals surface area (Å²) in [5.74, 6) is 2.38. The molecule has 2 N–H and O–H groups in total. The van der Waals surface area contributed by atoms with Crippen molar-refractivity contribution in [2.45, 2.75) is 23.8 Å². The third kappa shape index (κ3) is 3.02. The number of piperazine rings is 1. The second kappa shape index (κ2) is 7.21. The number of H-pyrrole nitrogens is 1. The molecule has 6 rings (SSSR count). The zero-order valence-electron chi connectivity index (χ0n) is 16.9. The van der Waals surface area contributed by atoms with Crippen molar-refractivity contribution >= 4 is 39.5 Å². The highest BCUT2D eigenvalue weighted by Crippen LogP contribution is 2.45. The largest absolute Gasteiger partial charge is 0.353 e. The van der Waals surface area contributed by atoms with Crippen LogP contribution in [0.15, 0.2) is 35.7 Å². The van der Waals surface area contributed by atoms with Crippen LogP contribution in [0.3, 0.4) is 0 Å². The van der Waals surface area contributed by atoms with E-state index >= 15 is 0 Å². The molecular formula is C22H23N7S. The lowest BCUT2D eigenvalue weighted by atomic mass is 10.1. The predicted octanol–water partition coefficient (Wildman–Crippen LogP) is 3.58. The molecule has 2 aliphatic rings. The topological polar surface area (TPSA) is 82.6 Å². The smallest absolute Gasteiger partial charge is 0.163 e. The fourth-order valence-electron chi connectivity index (χ4n) is 4.33. The number of nitrogens with zero attached hydrogens (tertiary/aromatic N) is 5. The summed E-state index contributed by atoms with van der Waals surface area (Å²) in [6, 6.07) is 4.15. The molecule has 0 aromatic carbocycles. The summed E-state index contributed by atoms with van der Waals surface area (Å²) in [6.07, 6.45) is 10.3. The van der Waals surface area contributed by atoms with Gasteiger partial charge in [-0.1, -0.05) is 0 Å². The lowest BCUT2D eigenvalue weighted by Crippen LogP contribution is -2.44. The van der Waals surface area contributed by atoms with Crippen molar-refractivity contribution in [2.24, 2.45) is 0 Å². The molecule has 0 unspecified atom stereocenters. The number of pyridine rings is 2. The number of fused-ring (bicyclic) bond motifs is 2. The monoisotopic (exact) mass is 417 g/mol. The molecule has 0 atom stereocenters. The van der Waals surface area contributed by atoms with Crippen molar-refractivity contribution in [3.05, 3.63) is 36.3 Å². The molecule has 1 saturated heterocycles. The van der Waals surface area contributed by atoms with E-state index in [4.69, 9.17) is 9.97 Å². The van der Waals surface area contributed by atoms with Gasteiger partial charge in [0, 0.05) is 54.9 Å². The van der Waals surface area contributed by atoms with E-state index in [-0.39, 0.29) is 0 Å². The quantitative estimate of drug-likeness (QED) is 0.491. The highest BCUT2D eigenvalue weighted by atomic mass is 32.2. The Morgan fingerprint density at radius 1 is 1.13 bits per heavy atom. The second-order valence-electron chi connectivity index (χ2n) is 7.96. The van der Waals surface area contributed by atoms with Crippen molar-refractivity contribution < 1.29 is 0 Å². The molecule has 1 aliphatic carbocycles. The van der Waals surface area contributed by atoms with Gasteiger partial charge in [-0.2, -0.15) is 0 Å². The Labute approximate surface area is 178 Å². The van der Waals surface area contributed by atoms with Crippen LogP contribution in [0.5, 0.6) is 0 Å². The highest BCUT2D eigenvalue weighted by Gasteiger charge is 2.29. The van der Waals surface area contributed by atoms with E-state index in [1.165, 1.54) is 23.8 Å². The van der Waals surface area contributed by atoms with Crippen LogP contribution in [-0.4, -0.2) is 57.4 Å². The average Bonchev–Trinajstić information content (AvgIpc) is 3.56. The second-order valence-corrected chi connectivity index (χ2v) is 8.81. The van der Waals surface area contributed by atoms with E-state index in [0.717, 1.165) is 65.0 Å². The number of rotatable bonds is 4. The standard InChI is InChI=1S/C22H23N7S/c1-30-18-10-15-14(4-5-25-20(15)27-18)21-26-17-12-24-11-16(13-2-3-13)19(17)22(28-21)29-8-6-23-7-9-29/h4-5,10-13,23H,2-3,6-9H2,1H3,(H,25,27). The average molecular weight is 418 g/mol. The summed E-state index contributed by atoms with van der Waals surface area (Å²) in [6.45, 7) is 3.84. The van der Waals surface area contributed by atoms with E-state index in [9.17, 15) is 0 Å². The molecule has 7 nitrogen and oxygen atoms in total. The van der Waals surface area contributed by atoms with Crippen molar-refractivity contribution in [2.75, 3.05) is 37.3 Å². The van der Waals surface area contributed by atoms with Crippen LogP contribution in [0.4, 0.5) is 5.82 Å². The summed E-state index contributed by atoms with van der Waals surface area (Å²) >= 11 is 1.68. The molecule has 2 fully saturated rings. The lowest BCUT2D eigenvalue weighted by Gasteiger charge is -2.30. The van der Waals surface area contributed by atoms with Gasteiger partial charge in [0.2, 0.25) is 0 Å². The fourth-order valence-corrected chi connectivity index (χ4v) is 4.76. The van der Waals surface area contributed by atoms with Crippen LogP contribution in [0.2, 0.25) is 0 Å². The van der Waals surface area contributed by atoms with Crippen molar-refractivity contribution in [1.29, 1.82) is 0 Å².